The molecule has 1 rings (SSSR count). The Balaban J connectivity index is 2.68. The first-order chi connectivity index (χ1) is 9.02. The molecule has 3 unspecified atom stereocenters. The molecular formula is C16H26FNO. The largest absolute Gasteiger partial charge is 0.393 e. The number of halogens is 1. The zero-order chi connectivity index (χ0) is 14.3. The van der Waals surface area contributed by atoms with Gasteiger partial charge in [-0.1, -0.05) is 31.9 Å². The molecule has 0 radical (unpaired) electrons. The average molecular weight is 267 g/mol. The molecule has 0 saturated carbocycles. The second kappa shape index (κ2) is 8.28. The summed E-state index contributed by atoms with van der Waals surface area (Å²) in [4.78, 5) is 0. The van der Waals surface area contributed by atoms with E-state index in [9.17, 15) is 9.50 Å². The van der Waals surface area contributed by atoms with E-state index in [1.54, 1.807) is 6.92 Å². The number of aliphatic hydroxyl groups excluding tert-OH is 1. The normalized spacial score (nSPS) is 16.1. The lowest BCUT2D eigenvalue weighted by molar-refractivity contribution is 0.167. The minimum absolute atomic E-state index is 0.199. The van der Waals surface area contributed by atoms with E-state index in [-0.39, 0.29) is 24.0 Å². The SMILES string of the molecule is CCCCC(NC(C)CC(C)O)c1ccc(F)cc1. The van der Waals surface area contributed by atoms with Gasteiger partial charge in [0.25, 0.3) is 0 Å². The highest BCUT2D eigenvalue weighted by Crippen LogP contribution is 2.21. The Hall–Kier alpha value is -0.930. The number of rotatable bonds is 8. The smallest absolute Gasteiger partial charge is 0.123 e. The van der Waals surface area contributed by atoms with Crippen molar-refractivity contribution < 1.29 is 9.50 Å². The fourth-order valence-electron chi connectivity index (χ4n) is 2.37. The van der Waals surface area contributed by atoms with E-state index in [2.05, 4.69) is 19.2 Å². The molecule has 1 aromatic carbocycles. The van der Waals surface area contributed by atoms with Crippen LogP contribution in [-0.2, 0) is 0 Å². The first-order valence-electron chi connectivity index (χ1n) is 7.22. The van der Waals surface area contributed by atoms with Crippen LogP contribution in [0.15, 0.2) is 24.3 Å². The first kappa shape index (κ1) is 16.1. The lowest BCUT2D eigenvalue weighted by Gasteiger charge is -2.24. The van der Waals surface area contributed by atoms with Gasteiger partial charge in [0.1, 0.15) is 5.82 Å². The standard InChI is InChI=1S/C16H26FNO/c1-4-5-6-16(18-12(2)11-13(3)19)14-7-9-15(17)10-8-14/h7-10,12-13,16,18-19H,4-6,11H2,1-3H3. The third-order valence-electron chi connectivity index (χ3n) is 3.30. The summed E-state index contributed by atoms with van der Waals surface area (Å²) >= 11 is 0. The van der Waals surface area contributed by atoms with Gasteiger partial charge >= 0.3 is 0 Å². The second-order valence-corrected chi connectivity index (χ2v) is 5.40. The van der Waals surface area contributed by atoms with Crippen LogP contribution in [0.3, 0.4) is 0 Å². The Bertz CT molecular complexity index is 350. The minimum atomic E-state index is -0.303. The van der Waals surface area contributed by atoms with Crippen LogP contribution in [0.2, 0.25) is 0 Å². The topological polar surface area (TPSA) is 32.3 Å². The van der Waals surface area contributed by atoms with Gasteiger partial charge in [-0.3, -0.25) is 0 Å². The van der Waals surface area contributed by atoms with Crippen LogP contribution in [-0.4, -0.2) is 17.3 Å². The Labute approximate surface area is 116 Å². The molecule has 19 heavy (non-hydrogen) atoms. The van der Waals surface area contributed by atoms with Gasteiger partial charge in [-0.15, -0.1) is 0 Å². The predicted molar refractivity (Wildman–Crippen MR) is 77.6 cm³/mol. The van der Waals surface area contributed by atoms with Crippen molar-refractivity contribution in [2.75, 3.05) is 0 Å². The Kier molecular flexibility index (Phi) is 7.03. The number of unbranched alkanes of at least 4 members (excludes halogenated alkanes) is 1. The van der Waals surface area contributed by atoms with Gasteiger partial charge in [-0.25, -0.2) is 4.39 Å². The molecular weight excluding hydrogens is 241 g/mol. The molecule has 0 aliphatic carbocycles. The summed E-state index contributed by atoms with van der Waals surface area (Å²) < 4.78 is 13.0. The molecule has 2 N–H and O–H groups in total. The molecule has 108 valence electrons. The van der Waals surface area contributed by atoms with Gasteiger partial charge in [-0.05, 0) is 44.4 Å². The van der Waals surface area contributed by atoms with Crippen LogP contribution in [0.1, 0.15) is 58.1 Å². The van der Waals surface area contributed by atoms with E-state index < -0.39 is 0 Å². The van der Waals surface area contributed by atoms with E-state index in [4.69, 9.17) is 0 Å². The highest BCUT2D eigenvalue weighted by molar-refractivity contribution is 5.20. The monoisotopic (exact) mass is 267 g/mol. The van der Waals surface area contributed by atoms with E-state index in [1.807, 2.05) is 12.1 Å². The summed E-state index contributed by atoms with van der Waals surface area (Å²) in [6.45, 7) is 6.05. The maximum atomic E-state index is 13.0. The molecule has 0 aromatic heterocycles. The Morgan fingerprint density at radius 3 is 2.37 bits per heavy atom. The summed E-state index contributed by atoms with van der Waals surface area (Å²) in [6, 6.07) is 7.18. The summed E-state index contributed by atoms with van der Waals surface area (Å²) in [5.41, 5.74) is 1.12. The van der Waals surface area contributed by atoms with Crippen molar-refractivity contribution in [3.8, 4) is 0 Å². The van der Waals surface area contributed by atoms with E-state index >= 15 is 0 Å². The van der Waals surface area contributed by atoms with Crippen LogP contribution >= 0.6 is 0 Å². The van der Waals surface area contributed by atoms with Crippen LogP contribution in [0, 0.1) is 5.82 Å². The second-order valence-electron chi connectivity index (χ2n) is 5.40. The summed E-state index contributed by atoms with van der Waals surface area (Å²) in [6.07, 6.45) is 3.74. The van der Waals surface area contributed by atoms with Crippen LogP contribution in [0.5, 0.6) is 0 Å². The molecule has 2 nitrogen and oxygen atoms in total. The average Bonchev–Trinajstić information content (AvgIpc) is 2.34. The quantitative estimate of drug-likeness (QED) is 0.750. The maximum absolute atomic E-state index is 13.0. The van der Waals surface area contributed by atoms with Gasteiger partial charge in [0.05, 0.1) is 6.10 Å². The molecule has 0 aliphatic heterocycles. The van der Waals surface area contributed by atoms with Crippen molar-refractivity contribution in [2.45, 2.75) is 64.6 Å². The number of aliphatic hydroxyl groups is 1. The lowest BCUT2D eigenvalue weighted by atomic mass is 9.99. The molecule has 0 bridgehead atoms. The third kappa shape index (κ3) is 6.17. The van der Waals surface area contributed by atoms with Crippen LogP contribution in [0.4, 0.5) is 4.39 Å². The number of nitrogens with one attached hydrogen (secondary N) is 1. The van der Waals surface area contributed by atoms with Crippen molar-refractivity contribution in [1.29, 1.82) is 0 Å². The summed E-state index contributed by atoms with van der Waals surface area (Å²) in [7, 11) is 0. The number of hydrogen-bond donors (Lipinski definition) is 2. The molecule has 3 heteroatoms. The van der Waals surface area contributed by atoms with E-state index in [0.717, 1.165) is 31.2 Å². The lowest BCUT2D eigenvalue weighted by Crippen LogP contribution is -2.33. The minimum Gasteiger partial charge on any atom is -0.393 e. The fraction of sp³-hybridized carbons (Fsp3) is 0.625. The van der Waals surface area contributed by atoms with Gasteiger partial charge in [0.15, 0.2) is 0 Å². The van der Waals surface area contributed by atoms with Gasteiger partial charge in [-0.2, -0.15) is 0 Å². The fourth-order valence-corrected chi connectivity index (χ4v) is 2.37. The van der Waals surface area contributed by atoms with Crippen molar-refractivity contribution in [2.24, 2.45) is 0 Å². The molecule has 0 spiro atoms. The molecule has 0 amide bonds. The maximum Gasteiger partial charge on any atom is 0.123 e. The summed E-state index contributed by atoms with van der Waals surface area (Å²) in [5.74, 6) is -0.199. The van der Waals surface area contributed by atoms with E-state index in [0.29, 0.717) is 0 Å². The molecule has 0 fully saturated rings. The van der Waals surface area contributed by atoms with Crippen molar-refractivity contribution >= 4 is 0 Å². The predicted octanol–water partition coefficient (Wildman–Crippen LogP) is 3.81. The number of hydrogen-bond acceptors (Lipinski definition) is 2. The van der Waals surface area contributed by atoms with Gasteiger partial charge in [0, 0.05) is 12.1 Å². The first-order valence-corrected chi connectivity index (χ1v) is 7.22. The van der Waals surface area contributed by atoms with Crippen LogP contribution in [0.25, 0.3) is 0 Å². The van der Waals surface area contributed by atoms with Crippen molar-refractivity contribution in [1.82, 2.24) is 5.32 Å². The third-order valence-corrected chi connectivity index (χ3v) is 3.30. The highest BCUT2D eigenvalue weighted by Gasteiger charge is 2.15. The molecule has 1 aromatic rings. The zero-order valence-electron chi connectivity index (χ0n) is 12.2. The zero-order valence-corrected chi connectivity index (χ0v) is 12.2. The van der Waals surface area contributed by atoms with Crippen LogP contribution < -0.4 is 5.32 Å². The Morgan fingerprint density at radius 2 is 1.84 bits per heavy atom. The van der Waals surface area contributed by atoms with Gasteiger partial charge < -0.3 is 10.4 Å². The molecule has 0 saturated heterocycles. The van der Waals surface area contributed by atoms with Crippen molar-refractivity contribution in [3.05, 3.63) is 35.6 Å². The highest BCUT2D eigenvalue weighted by atomic mass is 19.1. The van der Waals surface area contributed by atoms with Crippen molar-refractivity contribution in [3.63, 3.8) is 0 Å². The van der Waals surface area contributed by atoms with E-state index in [1.165, 1.54) is 12.1 Å². The summed E-state index contributed by atoms with van der Waals surface area (Å²) in [5, 5.41) is 13.0. The molecule has 3 atom stereocenters. The Morgan fingerprint density at radius 1 is 1.21 bits per heavy atom. The van der Waals surface area contributed by atoms with Gasteiger partial charge in [0.2, 0.25) is 0 Å². The molecule has 0 aliphatic rings. The number of benzene rings is 1. The molecule has 0 heterocycles.